The molecular formula is C22H28N4O3S. The first-order valence-corrected chi connectivity index (χ1v) is 11.9. The molecule has 7 nitrogen and oxygen atoms in total. The number of sulfonamides is 1. The summed E-state index contributed by atoms with van der Waals surface area (Å²) in [5.74, 6) is -0.0187. The van der Waals surface area contributed by atoms with Gasteiger partial charge in [-0.2, -0.15) is 0 Å². The Hall–Kier alpha value is -2.42. The lowest BCUT2D eigenvalue weighted by Gasteiger charge is -2.36. The number of nitrogens with zero attached hydrogens (tertiary/aromatic N) is 2. The van der Waals surface area contributed by atoms with Gasteiger partial charge >= 0.3 is 0 Å². The van der Waals surface area contributed by atoms with Crippen LogP contribution in [-0.4, -0.2) is 58.5 Å². The standard InChI is InChI=1S/C22H28N4O3S/c27-22-8-4-5-18-17-20(9-10-21(18)24-22)30(28,29)23-11-12-25-13-15-26(16-14-25)19-6-2-1-3-7-19/h1-3,6-7,9-10,17,23H,4-5,8,11-16H2,(H,24,27). The van der Waals surface area contributed by atoms with E-state index in [-0.39, 0.29) is 10.8 Å². The number of hydrogen-bond donors (Lipinski definition) is 2. The van der Waals surface area contributed by atoms with Crippen molar-refractivity contribution >= 4 is 27.3 Å². The Morgan fingerprint density at radius 1 is 0.967 bits per heavy atom. The molecule has 2 N–H and O–H groups in total. The first-order valence-electron chi connectivity index (χ1n) is 10.5. The summed E-state index contributed by atoms with van der Waals surface area (Å²) < 4.78 is 28.2. The molecule has 0 spiro atoms. The van der Waals surface area contributed by atoms with E-state index in [1.807, 2.05) is 18.2 Å². The molecule has 8 heteroatoms. The summed E-state index contributed by atoms with van der Waals surface area (Å²) in [6, 6.07) is 15.3. The molecule has 0 bridgehead atoms. The fraction of sp³-hybridized carbons (Fsp3) is 0.409. The molecular weight excluding hydrogens is 400 g/mol. The average Bonchev–Trinajstić information content (AvgIpc) is 2.94. The van der Waals surface area contributed by atoms with Crippen molar-refractivity contribution in [3.8, 4) is 0 Å². The summed E-state index contributed by atoms with van der Waals surface area (Å²) in [5.41, 5.74) is 2.82. The normalized spacial score (nSPS) is 17.9. The Morgan fingerprint density at radius 2 is 1.73 bits per heavy atom. The van der Waals surface area contributed by atoms with Gasteiger partial charge in [0.2, 0.25) is 15.9 Å². The number of rotatable bonds is 6. The van der Waals surface area contributed by atoms with Gasteiger partial charge in [-0.15, -0.1) is 0 Å². The highest BCUT2D eigenvalue weighted by molar-refractivity contribution is 7.89. The van der Waals surface area contributed by atoms with Crippen LogP contribution in [0, 0.1) is 0 Å². The van der Waals surface area contributed by atoms with Crippen LogP contribution in [0.15, 0.2) is 53.4 Å². The van der Waals surface area contributed by atoms with Crippen molar-refractivity contribution in [1.82, 2.24) is 9.62 Å². The van der Waals surface area contributed by atoms with Gasteiger partial charge in [0.05, 0.1) is 4.90 Å². The number of piperazine rings is 1. The van der Waals surface area contributed by atoms with Crippen LogP contribution in [0.2, 0.25) is 0 Å². The van der Waals surface area contributed by atoms with E-state index in [0.717, 1.165) is 38.2 Å². The van der Waals surface area contributed by atoms with E-state index < -0.39 is 10.0 Å². The number of benzene rings is 2. The van der Waals surface area contributed by atoms with Crippen molar-refractivity contribution in [2.45, 2.75) is 24.2 Å². The Morgan fingerprint density at radius 3 is 2.50 bits per heavy atom. The third kappa shape index (κ3) is 5.00. The van der Waals surface area contributed by atoms with Gasteiger partial charge in [0, 0.05) is 57.1 Å². The molecule has 160 valence electrons. The summed E-state index contributed by atoms with van der Waals surface area (Å²) in [7, 11) is -3.57. The number of hydrogen-bond acceptors (Lipinski definition) is 5. The van der Waals surface area contributed by atoms with Crippen LogP contribution in [0.3, 0.4) is 0 Å². The highest BCUT2D eigenvalue weighted by atomic mass is 32.2. The predicted octanol–water partition coefficient (Wildman–Crippen LogP) is 2.06. The van der Waals surface area contributed by atoms with Crippen molar-refractivity contribution in [1.29, 1.82) is 0 Å². The number of fused-ring (bicyclic) bond motifs is 1. The molecule has 2 aromatic rings. The lowest BCUT2D eigenvalue weighted by atomic mass is 10.1. The number of para-hydroxylation sites is 1. The van der Waals surface area contributed by atoms with E-state index in [2.05, 4.69) is 32.0 Å². The van der Waals surface area contributed by atoms with E-state index in [9.17, 15) is 13.2 Å². The zero-order valence-electron chi connectivity index (χ0n) is 17.0. The third-order valence-electron chi connectivity index (χ3n) is 5.72. The fourth-order valence-electron chi connectivity index (χ4n) is 4.01. The Bertz CT molecular complexity index is 987. The van der Waals surface area contributed by atoms with Gasteiger partial charge in [-0.25, -0.2) is 13.1 Å². The largest absolute Gasteiger partial charge is 0.369 e. The maximum absolute atomic E-state index is 12.7. The smallest absolute Gasteiger partial charge is 0.240 e. The lowest BCUT2D eigenvalue weighted by molar-refractivity contribution is -0.116. The molecule has 2 aliphatic rings. The van der Waals surface area contributed by atoms with Crippen LogP contribution in [0.4, 0.5) is 11.4 Å². The second-order valence-electron chi connectivity index (χ2n) is 7.78. The van der Waals surface area contributed by atoms with Crippen molar-refractivity contribution in [3.63, 3.8) is 0 Å². The van der Waals surface area contributed by atoms with Crippen LogP contribution in [0.5, 0.6) is 0 Å². The molecule has 2 aliphatic heterocycles. The lowest BCUT2D eigenvalue weighted by Crippen LogP contribution is -2.48. The third-order valence-corrected chi connectivity index (χ3v) is 7.18. The van der Waals surface area contributed by atoms with Gasteiger partial charge in [0.25, 0.3) is 0 Å². The molecule has 4 rings (SSSR count). The zero-order chi connectivity index (χ0) is 21.0. The fourth-order valence-corrected chi connectivity index (χ4v) is 5.08. The molecule has 0 aromatic heterocycles. The first-order chi connectivity index (χ1) is 14.5. The Kier molecular flexibility index (Phi) is 6.36. The first kappa shape index (κ1) is 20.8. The number of carbonyl (C=O) groups is 1. The number of amides is 1. The van der Waals surface area contributed by atoms with E-state index >= 15 is 0 Å². The molecule has 0 radical (unpaired) electrons. The minimum Gasteiger partial charge on any atom is -0.369 e. The quantitative estimate of drug-likeness (QED) is 0.736. The van der Waals surface area contributed by atoms with Gasteiger partial charge in [-0.1, -0.05) is 18.2 Å². The van der Waals surface area contributed by atoms with Crippen LogP contribution in [0.25, 0.3) is 0 Å². The topological polar surface area (TPSA) is 81.8 Å². The second-order valence-corrected chi connectivity index (χ2v) is 9.55. The minimum absolute atomic E-state index is 0.0187. The molecule has 0 aliphatic carbocycles. The Balaban J connectivity index is 1.29. The molecule has 2 aromatic carbocycles. The highest BCUT2D eigenvalue weighted by Crippen LogP contribution is 2.25. The summed E-state index contributed by atoms with van der Waals surface area (Å²) >= 11 is 0. The monoisotopic (exact) mass is 428 g/mol. The van der Waals surface area contributed by atoms with Crippen LogP contribution in [-0.2, 0) is 21.2 Å². The van der Waals surface area contributed by atoms with E-state index in [1.54, 1.807) is 18.2 Å². The summed E-state index contributed by atoms with van der Waals surface area (Å²) in [4.78, 5) is 16.6. The van der Waals surface area contributed by atoms with Crippen LogP contribution >= 0.6 is 0 Å². The van der Waals surface area contributed by atoms with Crippen molar-refractivity contribution in [3.05, 3.63) is 54.1 Å². The molecule has 1 fully saturated rings. The maximum Gasteiger partial charge on any atom is 0.240 e. The van der Waals surface area contributed by atoms with Gasteiger partial charge in [0.15, 0.2) is 0 Å². The zero-order valence-corrected chi connectivity index (χ0v) is 17.8. The summed E-state index contributed by atoms with van der Waals surface area (Å²) in [6.07, 6.45) is 1.89. The molecule has 2 heterocycles. The van der Waals surface area contributed by atoms with E-state index in [1.165, 1.54) is 5.69 Å². The van der Waals surface area contributed by atoms with Gasteiger partial charge in [-0.05, 0) is 48.7 Å². The average molecular weight is 429 g/mol. The molecule has 0 saturated carbocycles. The minimum atomic E-state index is -3.57. The molecule has 30 heavy (non-hydrogen) atoms. The van der Waals surface area contributed by atoms with Crippen molar-refractivity contribution in [2.24, 2.45) is 0 Å². The molecule has 1 saturated heterocycles. The highest BCUT2D eigenvalue weighted by Gasteiger charge is 2.20. The van der Waals surface area contributed by atoms with Crippen molar-refractivity contribution < 1.29 is 13.2 Å². The molecule has 1 amide bonds. The number of nitrogens with one attached hydrogen (secondary N) is 2. The second kappa shape index (κ2) is 9.16. The predicted molar refractivity (Wildman–Crippen MR) is 118 cm³/mol. The summed E-state index contributed by atoms with van der Waals surface area (Å²) in [5, 5.41) is 2.84. The van der Waals surface area contributed by atoms with Crippen LogP contribution < -0.4 is 14.9 Å². The van der Waals surface area contributed by atoms with E-state index in [4.69, 9.17) is 0 Å². The number of anilines is 2. The molecule has 0 atom stereocenters. The number of aryl methyl sites for hydroxylation is 1. The van der Waals surface area contributed by atoms with Gasteiger partial charge in [0.1, 0.15) is 0 Å². The molecule has 0 unspecified atom stereocenters. The van der Waals surface area contributed by atoms with Crippen molar-refractivity contribution in [2.75, 3.05) is 49.5 Å². The van der Waals surface area contributed by atoms with Crippen LogP contribution in [0.1, 0.15) is 18.4 Å². The van der Waals surface area contributed by atoms with E-state index in [0.29, 0.717) is 31.6 Å². The summed E-state index contributed by atoms with van der Waals surface area (Å²) in [6.45, 7) is 4.76. The van der Waals surface area contributed by atoms with Gasteiger partial charge < -0.3 is 10.2 Å². The SMILES string of the molecule is O=C1CCCc2cc(S(=O)(=O)NCCN3CCN(c4ccccc4)CC3)ccc2N1. The number of carbonyl (C=O) groups excluding carboxylic acids is 1. The maximum atomic E-state index is 12.7. The van der Waals surface area contributed by atoms with Gasteiger partial charge in [-0.3, -0.25) is 9.69 Å². The Labute approximate surface area is 178 Å².